The quantitative estimate of drug-likeness (QED) is 0.515. The van der Waals surface area contributed by atoms with Crippen LogP contribution in [-0.2, 0) is 6.54 Å². The normalized spacial score (nSPS) is 11.2. The van der Waals surface area contributed by atoms with E-state index in [-0.39, 0.29) is 0 Å². The van der Waals surface area contributed by atoms with Crippen molar-refractivity contribution in [2.75, 3.05) is 5.32 Å². The summed E-state index contributed by atoms with van der Waals surface area (Å²) in [6.45, 7) is 2.67. The van der Waals surface area contributed by atoms with Gasteiger partial charge >= 0.3 is 0 Å². The fraction of sp³-hybridized carbons (Fsp3) is 0.0909. The number of rotatable bonds is 4. The van der Waals surface area contributed by atoms with Gasteiger partial charge in [0.2, 0.25) is 5.95 Å². The Balaban J connectivity index is 1.65. The predicted octanol–water partition coefficient (Wildman–Crippen LogP) is 4.26. The number of nitrogens with one attached hydrogen (secondary N) is 1. The lowest BCUT2D eigenvalue weighted by Gasteiger charge is -2.08. The summed E-state index contributed by atoms with van der Waals surface area (Å²) in [5.74, 6) is 1.34. The molecule has 0 atom stereocenters. The molecule has 6 heteroatoms. The van der Waals surface area contributed by atoms with Gasteiger partial charge in [-0.15, -0.1) is 5.10 Å². The van der Waals surface area contributed by atoms with E-state index in [9.17, 15) is 0 Å². The average molecular weight is 366 g/mol. The van der Waals surface area contributed by atoms with Crippen molar-refractivity contribution in [1.82, 2.24) is 24.6 Å². The van der Waals surface area contributed by atoms with Gasteiger partial charge in [0.25, 0.3) is 0 Å². The lowest BCUT2D eigenvalue weighted by atomic mass is 10.1. The second-order valence-electron chi connectivity index (χ2n) is 6.71. The number of hydrogen-bond acceptors (Lipinski definition) is 5. The van der Waals surface area contributed by atoms with E-state index in [4.69, 9.17) is 15.1 Å². The molecule has 2 aromatic carbocycles. The molecule has 0 fully saturated rings. The van der Waals surface area contributed by atoms with Gasteiger partial charge in [0.05, 0.1) is 5.52 Å². The fourth-order valence-electron chi connectivity index (χ4n) is 3.26. The smallest absolute Gasteiger partial charge is 0.226 e. The monoisotopic (exact) mass is 366 g/mol. The van der Waals surface area contributed by atoms with E-state index in [0.717, 1.165) is 27.7 Å². The Morgan fingerprint density at radius 2 is 1.89 bits per heavy atom. The number of pyridine rings is 1. The molecule has 0 bridgehead atoms. The van der Waals surface area contributed by atoms with Crippen LogP contribution in [0.5, 0.6) is 0 Å². The molecular weight excluding hydrogens is 348 g/mol. The third-order valence-corrected chi connectivity index (χ3v) is 4.63. The Hall–Kier alpha value is -3.80. The molecule has 3 heterocycles. The maximum absolute atomic E-state index is 4.83. The summed E-state index contributed by atoms with van der Waals surface area (Å²) in [7, 11) is 0. The largest absolute Gasteiger partial charge is 0.350 e. The molecule has 0 spiro atoms. The highest BCUT2D eigenvalue weighted by atomic mass is 15.4. The average Bonchev–Trinajstić information content (AvgIpc) is 3.19. The highest BCUT2D eigenvalue weighted by Gasteiger charge is 2.14. The maximum atomic E-state index is 4.83. The van der Waals surface area contributed by atoms with Gasteiger partial charge in [-0.25, -0.2) is 9.97 Å². The zero-order chi connectivity index (χ0) is 18.9. The van der Waals surface area contributed by atoms with E-state index in [0.29, 0.717) is 18.3 Å². The summed E-state index contributed by atoms with van der Waals surface area (Å²) >= 11 is 0. The van der Waals surface area contributed by atoms with E-state index < -0.39 is 0 Å². The second-order valence-corrected chi connectivity index (χ2v) is 6.71. The highest BCUT2D eigenvalue weighted by Crippen LogP contribution is 2.24. The number of fused-ring (bicyclic) bond motifs is 3. The van der Waals surface area contributed by atoms with Crippen LogP contribution in [0.4, 0.5) is 5.95 Å². The van der Waals surface area contributed by atoms with Crippen molar-refractivity contribution in [2.24, 2.45) is 0 Å². The predicted molar refractivity (Wildman–Crippen MR) is 110 cm³/mol. The standard InChI is InChI=1S/C22H18N6/c1-15-6-4-8-17(12-15)20-26-21-18-9-2-3-10-19(18)25-22(28(21)27-20)24-14-16-7-5-11-23-13-16/h2-13H,14H2,1H3,(H,24,25). The zero-order valence-corrected chi connectivity index (χ0v) is 15.4. The molecule has 5 rings (SSSR count). The third-order valence-electron chi connectivity index (χ3n) is 4.63. The molecule has 1 N–H and O–H groups in total. The summed E-state index contributed by atoms with van der Waals surface area (Å²) in [5.41, 5.74) is 4.91. The molecule has 0 amide bonds. The Kier molecular flexibility index (Phi) is 3.94. The second kappa shape index (κ2) is 6.74. The summed E-state index contributed by atoms with van der Waals surface area (Å²) in [6, 6.07) is 20.1. The molecule has 0 saturated heterocycles. The Morgan fingerprint density at radius 1 is 0.964 bits per heavy atom. The van der Waals surface area contributed by atoms with Crippen LogP contribution >= 0.6 is 0 Å². The van der Waals surface area contributed by atoms with Crippen molar-refractivity contribution in [1.29, 1.82) is 0 Å². The molecule has 5 aromatic rings. The first kappa shape index (κ1) is 16.4. The van der Waals surface area contributed by atoms with Gasteiger partial charge in [0.15, 0.2) is 11.5 Å². The number of aromatic nitrogens is 5. The highest BCUT2D eigenvalue weighted by molar-refractivity contribution is 5.92. The van der Waals surface area contributed by atoms with Gasteiger partial charge in [-0.2, -0.15) is 4.52 Å². The van der Waals surface area contributed by atoms with Crippen LogP contribution in [0.1, 0.15) is 11.1 Å². The molecule has 0 aliphatic rings. The first-order chi connectivity index (χ1) is 13.8. The molecule has 6 nitrogen and oxygen atoms in total. The molecule has 0 radical (unpaired) electrons. The van der Waals surface area contributed by atoms with Crippen LogP contribution in [0.3, 0.4) is 0 Å². The molecule has 28 heavy (non-hydrogen) atoms. The van der Waals surface area contributed by atoms with Crippen LogP contribution in [0.2, 0.25) is 0 Å². The van der Waals surface area contributed by atoms with Crippen molar-refractivity contribution in [3.05, 3.63) is 84.2 Å². The number of aryl methyl sites for hydroxylation is 1. The first-order valence-corrected chi connectivity index (χ1v) is 9.13. The van der Waals surface area contributed by atoms with Crippen molar-refractivity contribution in [3.63, 3.8) is 0 Å². The van der Waals surface area contributed by atoms with Gasteiger partial charge in [-0.05, 0) is 36.8 Å². The van der Waals surface area contributed by atoms with Gasteiger partial charge in [-0.3, -0.25) is 4.98 Å². The van der Waals surface area contributed by atoms with Gasteiger partial charge < -0.3 is 5.32 Å². The molecule has 3 aromatic heterocycles. The Bertz CT molecular complexity index is 1280. The van der Waals surface area contributed by atoms with E-state index in [1.807, 2.05) is 54.7 Å². The van der Waals surface area contributed by atoms with Crippen LogP contribution in [0, 0.1) is 6.92 Å². The van der Waals surface area contributed by atoms with E-state index >= 15 is 0 Å². The number of para-hydroxylation sites is 1. The van der Waals surface area contributed by atoms with E-state index in [2.05, 4.69) is 29.4 Å². The molecule has 0 saturated carbocycles. The number of benzene rings is 2. The van der Waals surface area contributed by atoms with Gasteiger partial charge in [-0.1, -0.05) is 42.0 Å². The van der Waals surface area contributed by atoms with Crippen molar-refractivity contribution in [2.45, 2.75) is 13.5 Å². The van der Waals surface area contributed by atoms with Crippen molar-refractivity contribution < 1.29 is 0 Å². The van der Waals surface area contributed by atoms with E-state index in [1.165, 1.54) is 5.56 Å². The summed E-state index contributed by atoms with van der Waals surface area (Å²) < 4.78 is 1.79. The fourth-order valence-corrected chi connectivity index (χ4v) is 3.26. The summed E-state index contributed by atoms with van der Waals surface area (Å²) in [6.07, 6.45) is 3.60. The minimum Gasteiger partial charge on any atom is -0.350 e. The number of hydrogen-bond donors (Lipinski definition) is 1. The Labute approximate surface area is 161 Å². The lowest BCUT2D eigenvalue weighted by molar-refractivity contribution is 0.919. The minimum absolute atomic E-state index is 0.605. The zero-order valence-electron chi connectivity index (χ0n) is 15.4. The van der Waals surface area contributed by atoms with E-state index in [1.54, 1.807) is 10.7 Å². The van der Waals surface area contributed by atoms with Crippen LogP contribution in [0.25, 0.3) is 27.9 Å². The summed E-state index contributed by atoms with van der Waals surface area (Å²) in [5, 5.41) is 9.11. The SMILES string of the molecule is Cc1cccc(-c2nc3c4ccccc4nc(NCc4cccnc4)n3n2)c1. The van der Waals surface area contributed by atoms with Gasteiger partial charge in [0, 0.05) is 29.9 Å². The molecule has 0 aliphatic heterocycles. The minimum atomic E-state index is 0.605. The molecule has 0 aliphatic carbocycles. The van der Waals surface area contributed by atoms with Gasteiger partial charge in [0.1, 0.15) is 0 Å². The Morgan fingerprint density at radius 3 is 2.75 bits per heavy atom. The third kappa shape index (κ3) is 2.95. The number of nitrogens with zero attached hydrogens (tertiary/aromatic N) is 5. The maximum Gasteiger partial charge on any atom is 0.226 e. The molecule has 136 valence electrons. The number of anilines is 1. The lowest BCUT2D eigenvalue weighted by Crippen LogP contribution is -2.08. The molecule has 0 unspecified atom stereocenters. The molecular formula is C22H18N6. The van der Waals surface area contributed by atoms with Crippen LogP contribution in [0.15, 0.2) is 73.1 Å². The van der Waals surface area contributed by atoms with Crippen molar-refractivity contribution >= 4 is 22.5 Å². The summed E-state index contributed by atoms with van der Waals surface area (Å²) in [4.78, 5) is 13.8. The van der Waals surface area contributed by atoms with Crippen LogP contribution < -0.4 is 5.32 Å². The van der Waals surface area contributed by atoms with Crippen LogP contribution in [-0.4, -0.2) is 24.6 Å². The van der Waals surface area contributed by atoms with Crippen molar-refractivity contribution in [3.8, 4) is 11.4 Å². The first-order valence-electron chi connectivity index (χ1n) is 9.13. The topological polar surface area (TPSA) is 68.0 Å².